The Hall–Kier alpha value is -5.76. The monoisotopic (exact) mass is 580 g/mol. The van der Waals surface area contributed by atoms with Gasteiger partial charge in [-0.25, -0.2) is 0 Å². The highest BCUT2D eigenvalue weighted by Gasteiger charge is 2.17. The second kappa shape index (κ2) is 11.1. The Morgan fingerprint density at radius 2 is 0.705 bits per heavy atom. The van der Waals surface area contributed by atoms with Crippen molar-refractivity contribution in [1.29, 1.82) is 0 Å². The molecule has 7 rings (SSSR count). The molecule has 216 valence electrons. The summed E-state index contributed by atoms with van der Waals surface area (Å²) in [4.78, 5) is 19.0. The fraction of sp³-hybridized carbons (Fsp3) is 0.111. The van der Waals surface area contributed by atoms with Crippen molar-refractivity contribution in [2.45, 2.75) is 27.7 Å². The Balaban J connectivity index is 1.39. The summed E-state index contributed by atoms with van der Waals surface area (Å²) in [6.07, 6.45) is 0. The minimum atomic E-state index is 0.326. The number of ether oxygens (including phenoxy) is 4. The molecular formula is C36H28N4O4. The van der Waals surface area contributed by atoms with Gasteiger partial charge in [0.2, 0.25) is 23.5 Å². The van der Waals surface area contributed by atoms with Gasteiger partial charge in [0.15, 0.2) is 11.6 Å². The molecule has 2 aromatic heterocycles. The minimum Gasteiger partial charge on any atom is -0.439 e. The maximum absolute atomic E-state index is 6.32. The van der Waals surface area contributed by atoms with Crippen LogP contribution in [-0.2, 0) is 0 Å². The lowest BCUT2D eigenvalue weighted by atomic mass is 10.1. The van der Waals surface area contributed by atoms with E-state index in [1.54, 1.807) is 24.3 Å². The zero-order valence-corrected chi connectivity index (χ0v) is 24.7. The average molecular weight is 581 g/mol. The number of hydrogen-bond acceptors (Lipinski definition) is 8. The van der Waals surface area contributed by atoms with E-state index in [2.05, 4.69) is 0 Å². The molecule has 0 saturated carbocycles. The highest BCUT2D eigenvalue weighted by atomic mass is 16.5. The molecule has 0 N–H and O–H groups in total. The summed E-state index contributed by atoms with van der Waals surface area (Å²) in [6, 6.07) is 30.4. The highest BCUT2D eigenvalue weighted by Crippen LogP contribution is 2.37. The van der Waals surface area contributed by atoms with E-state index in [1.807, 2.05) is 100 Å². The molecule has 3 heterocycles. The summed E-state index contributed by atoms with van der Waals surface area (Å²) < 4.78 is 25.3. The van der Waals surface area contributed by atoms with Crippen LogP contribution in [0.3, 0.4) is 0 Å². The summed E-state index contributed by atoms with van der Waals surface area (Å²) in [5.41, 5.74) is 5.66. The van der Waals surface area contributed by atoms with Crippen molar-refractivity contribution in [3.05, 3.63) is 119 Å². The van der Waals surface area contributed by atoms with Crippen LogP contribution in [0.1, 0.15) is 22.3 Å². The van der Waals surface area contributed by atoms with Crippen LogP contribution < -0.4 is 18.9 Å². The van der Waals surface area contributed by atoms with Gasteiger partial charge in [0.05, 0.1) is 12.1 Å². The average Bonchev–Trinajstić information content (AvgIpc) is 2.96. The number of fused-ring (bicyclic) bond motifs is 8. The van der Waals surface area contributed by atoms with E-state index in [9.17, 15) is 0 Å². The summed E-state index contributed by atoms with van der Waals surface area (Å²) in [6.45, 7) is 7.96. The first kappa shape index (κ1) is 27.1. The topological polar surface area (TPSA) is 88.5 Å². The highest BCUT2D eigenvalue weighted by molar-refractivity contribution is 5.62. The van der Waals surface area contributed by atoms with Gasteiger partial charge in [-0.3, -0.25) is 0 Å². The molecule has 0 saturated heterocycles. The van der Waals surface area contributed by atoms with Crippen LogP contribution in [0.5, 0.6) is 46.5 Å². The lowest BCUT2D eigenvalue weighted by molar-refractivity contribution is 0.415. The maximum Gasteiger partial charge on any atom is 0.226 e. The Bertz CT molecular complexity index is 1810. The molecule has 0 fully saturated rings. The number of aromatic nitrogens is 4. The van der Waals surface area contributed by atoms with Crippen LogP contribution in [0.2, 0.25) is 0 Å². The molecule has 8 bridgehead atoms. The largest absolute Gasteiger partial charge is 0.439 e. The van der Waals surface area contributed by atoms with E-state index in [4.69, 9.17) is 38.9 Å². The molecule has 8 nitrogen and oxygen atoms in total. The standard InChI is InChI=1S/C36H28N4O4/c1-21-13-25-17-26(14-21)42-32-20-34(40-36(38-32)30-12-8-6-10-24(30)4)44-28-16-22(2)15-27(18-28)43-33-19-31(41-25)37-35(39-33)29-11-7-5-9-23(29)3/h5-20H,1-4H3. The molecule has 0 radical (unpaired) electrons. The first-order valence-corrected chi connectivity index (χ1v) is 14.2. The Morgan fingerprint density at radius 1 is 0.386 bits per heavy atom. The lowest BCUT2D eigenvalue weighted by Crippen LogP contribution is -2.00. The molecule has 0 unspecified atom stereocenters. The van der Waals surface area contributed by atoms with Crippen molar-refractivity contribution < 1.29 is 18.9 Å². The van der Waals surface area contributed by atoms with Crippen molar-refractivity contribution in [2.75, 3.05) is 0 Å². The fourth-order valence-corrected chi connectivity index (χ4v) is 5.05. The van der Waals surface area contributed by atoms with Gasteiger partial charge in [0.1, 0.15) is 23.0 Å². The third-order valence-corrected chi connectivity index (χ3v) is 7.07. The van der Waals surface area contributed by atoms with Crippen LogP contribution in [0.25, 0.3) is 22.8 Å². The third-order valence-electron chi connectivity index (χ3n) is 7.07. The molecule has 0 spiro atoms. The number of rotatable bonds is 2. The van der Waals surface area contributed by atoms with Crippen molar-refractivity contribution in [1.82, 2.24) is 19.9 Å². The SMILES string of the molecule is Cc1cc2cc(c1)Oc1cc(nc(-c3ccccc3C)n1)Oc1cc(C)cc(c1)Oc1cc(nc(-c3ccccc3C)n1)O2. The van der Waals surface area contributed by atoms with Gasteiger partial charge in [-0.1, -0.05) is 48.5 Å². The molecule has 4 aromatic carbocycles. The molecule has 0 aliphatic carbocycles. The lowest BCUT2D eigenvalue weighted by Gasteiger charge is -2.15. The minimum absolute atomic E-state index is 0.326. The normalized spacial score (nSPS) is 11.9. The van der Waals surface area contributed by atoms with Gasteiger partial charge in [-0.2, -0.15) is 19.9 Å². The van der Waals surface area contributed by atoms with Gasteiger partial charge in [0.25, 0.3) is 0 Å². The smallest absolute Gasteiger partial charge is 0.226 e. The number of hydrogen-bond donors (Lipinski definition) is 0. The van der Waals surface area contributed by atoms with Crippen LogP contribution in [0.4, 0.5) is 0 Å². The van der Waals surface area contributed by atoms with Crippen LogP contribution in [0.15, 0.2) is 97.1 Å². The quantitative estimate of drug-likeness (QED) is 0.200. The van der Waals surface area contributed by atoms with E-state index in [1.165, 1.54) is 0 Å². The molecule has 6 aromatic rings. The second-order valence-electron chi connectivity index (χ2n) is 10.7. The summed E-state index contributed by atoms with van der Waals surface area (Å²) >= 11 is 0. The zero-order chi connectivity index (χ0) is 30.2. The second-order valence-corrected chi connectivity index (χ2v) is 10.7. The summed E-state index contributed by atoms with van der Waals surface area (Å²) in [5.74, 6) is 4.42. The maximum atomic E-state index is 6.32. The van der Waals surface area contributed by atoms with Crippen molar-refractivity contribution >= 4 is 0 Å². The molecule has 0 atom stereocenters. The van der Waals surface area contributed by atoms with Crippen molar-refractivity contribution in [3.63, 3.8) is 0 Å². The van der Waals surface area contributed by atoms with Crippen molar-refractivity contribution in [3.8, 4) is 69.3 Å². The molecule has 8 heteroatoms. The predicted octanol–water partition coefficient (Wildman–Crippen LogP) is 9.32. The fourth-order valence-electron chi connectivity index (χ4n) is 5.05. The predicted molar refractivity (Wildman–Crippen MR) is 167 cm³/mol. The Labute approximate surface area is 255 Å². The van der Waals surface area contributed by atoms with Gasteiger partial charge >= 0.3 is 0 Å². The van der Waals surface area contributed by atoms with E-state index in [-0.39, 0.29) is 0 Å². The number of benzene rings is 4. The van der Waals surface area contributed by atoms with Gasteiger partial charge < -0.3 is 18.9 Å². The third kappa shape index (κ3) is 5.78. The van der Waals surface area contributed by atoms with Crippen LogP contribution in [-0.4, -0.2) is 19.9 Å². The first-order chi connectivity index (χ1) is 21.3. The number of nitrogens with zero attached hydrogens (tertiary/aromatic N) is 4. The molecular weight excluding hydrogens is 552 g/mol. The molecule has 44 heavy (non-hydrogen) atoms. The number of aryl methyl sites for hydroxylation is 4. The van der Waals surface area contributed by atoms with E-state index in [0.717, 1.165) is 33.4 Å². The first-order valence-electron chi connectivity index (χ1n) is 14.2. The van der Waals surface area contributed by atoms with Gasteiger partial charge in [0, 0.05) is 23.3 Å². The molecule has 1 aliphatic rings. The van der Waals surface area contributed by atoms with Crippen molar-refractivity contribution in [2.24, 2.45) is 0 Å². The zero-order valence-electron chi connectivity index (χ0n) is 24.7. The van der Waals surface area contributed by atoms with Gasteiger partial charge in [-0.15, -0.1) is 0 Å². The van der Waals surface area contributed by atoms with E-state index >= 15 is 0 Å². The molecule has 0 amide bonds. The van der Waals surface area contributed by atoms with Crippen LogP contribution in [0, 0.1) is 27.7 Å². The summed E-state index contributed by atoms with van der Waals surface area (Å²) in [5, 5.41) is 0. The van der Waals surface area contributed by atoms with E-state index < -0.39 is 0 Å². The molecule has 1 aliphatic heterocycles. The van der Waals surface area contributed by atoms with Crippen LogP contribution >= 0.6 is 0 Å². The summed E-state index contributed by atoms with van der Waals surface area (Å²) in [7, 11) is 0. The van der Waals surface area contributed by atoms with E-state index in [0.29, 0.717) is 58.2 Å². The Morgan fingerprint density at radius 3 is 1.02 bits per heavy atom. The van der Waals surface area contributed by atoms with Gasteiger partial charge in [-0.05, 0) is 74.2 Å². The Kier molecular flexibility index (Phi) is 6.86.